The lowest BCUT2D eigenvalue weighted by atomic mass is 10.2. The second-order valence-corrected chi connectivity index (χ2v) is 8.76. The van der Waals surface area contributed by atoms with Gasteiger partial charge < -0.3 is 5.32 Å². The molecule has 0 spiro atoms. The van der Waals surface area contributed by atoms with Crippen molar-refractivity contribution in [2.24, 2.45) is 0 Å². The van der Waals surface area contributed by atoms with Crippen molar-refractivity contribution in [1.29, 1.82) is 0 Å². The average Bonchev–Trinajstić information content (AvgIpc) is 2.81. The molecule has 10 heteroatoms. The van der Waals surface area contributed by atoms with Crippen molar-refractivity contribution in [2.75, 3.05) is 18.6 Å². The highest BCUT2D eigenvalue weighted by atomic mass is 32.2. The highest BCUT2D eigenvalue weighted by Crippen LogP contribution is 2.17. The Morgan fingerprint density at radius 1 is 1.40 bits per heavy atom. The first-order valence-electron chi connectivity index (χ1n) is 6.24. The second kappa shape index (κ2) is 5.80. The minimum absolute atomic E-state index is 0.0204. The molecule has 1 saturated heterocycles. The molecule has 0 aliphatic carbocycles. The van der Waals surface area contributed by atoms with Crippen LogP contribution in [0.25, 0.3) is 0 Å². The Kier molecular flexibility index (Phi) is 4.47. The molecule has 0 atom stereocenters. The zero-order valence-corrected chi connectivity index (χ0v) is 12.7. The van der Waals surface area contributed by atoms with Gasteiger partial charge in [0.15, 0.2) is 5.03 Å². The summed E-state index contributed by atoms with van der Waals surface area (Å²) in [4.78, 5) is 0. The van der Waals surface area contributed by atoms with Gasteiger partial charge in [0.2, 0.25) is 0 Å². The Balaban J connectivity index is 2.10. The second-order valence-electron chi connectivity index (χ2n) is 4.80. The van der Waals surface area contributed by atoms with Gasteiger partial charge >= 0.3 is 0 Å². The predicted molar refractivity (Wildman–Crippen MR) is 73.3 cm³/mol. The highest BCUT2D eigenvalue weighted by molar-refractivity contribution is 7.91. The van der Waals surface area contributed by atoms with Crippen molar-refractivity contribution < 1.29 is 16.8 Å². The topological polar surface area (TPSA) is 121 Å². The minimum atomic E-state index is -3.71. The summed E-state index contributed by atoms with van der Waals surface area (Å²) in [5, 5.41) is 9.11. The van der Waals surface area contributed by atoms with E-state index in [1.807, 2.05) is 0 Å². The fourth-order valence-electron chi connectivity index (χ4n) is 2.13. The van der Waals surface area contributed by atoms with E-state index in [1.54, 1.807) is 7.05 Å². The Morgan fingerprint density at radius 3 is 2.65 bits per heavy atom. The first kappa shape index (κ1) is 15.4. The number of hydrogen-bond donors (Lipinski definition) is 3. The molecule has 114 valence electrons. The molecule has 0 radical (unpaired) electrons. The van der Waals surface area contributed by atoms with Crippen molar-refractivity contribution in [3.63, 3.8) is 0 Å². The Labute approximate surface area is 118 Å². The first-order valence-corrected chi connectivity index (χ1v) is 9.54. The number of sulfonamides is 1. The molecule has 8 nitrogen and oxygen atoms in total. The maximum absolute atomic E-state index is 12.3. The van der Waals surface area contributed by atoms with E-state index in [9.17, 15) is 16.8 Å². The van der Waals surface area contributed by atoms with Crippen LogP contribution in [0.5, 0.6) is 0 Å². The zero-order chi connectivity index (χ0) is 14.8. The maximum atomic E-state index is 12.3. The third-order valence-electron chi connectivity index (χ3n) is 3.19. The number of hydrogen-bond acceptors (Lipinski definition) is 6. The van der Waals surface area contributed by atoms with Crippen LogP contribution in [-0.4, -0.2) is 51.6 Å². The number of H-pyrrole nitrogens is 1. The van der Waals surface area contributed by atoms with Crippen LogP contribution in [0.1, 0.15) is 18.4 Å². The number of nitrogens with one attached hydrogen (secondary N) is 3. The zero-order valence-electron chi connectivity index (χ0n) is 11.1. The summed E-state index contributed by atoms with van der Waals surface area (Å²) in [6, 6.07) is -0.353. The third kappa shape index (κ3) is 3.57. The van der Waals surface area contributed by atoms with E-state index in [0.717, 1.165) is 0 Å². The lowest BCUT2D eigenvalue weighted by Gasteiger charge is -2.22. The van der Waals surface area contributed by atoms with E-state index >= 15 is 0 Å². The molecular formula is C10H18N4O4S2. The first-order chi connectivity index (χ1) is 9.34. The van der Waals surface area contributed by atoms with Crippen molar-refractivity contribution in [3.8, 4) is 0 Å². The molecule has 1 aromatic rings. The molecule has 1 aromatic heterocycles. The van der Waals surface area contributed by atoms with Crippen molar-refractivity contribution >= 4 is 19.9 Å². The molecule has 1 fully saturated rings. The van der Waals surface area contributed by atoms with Crippen LogP contribution in [0, 0.1) is 0 Å². The van der Waals surface area contributed by atoms with Gasteiger partial charge in [0.1, 0.15) is 9.84 Å². The summed E-state index contributed by atoms with van der Waals surface area (Å²) in [7, 11) is -5.01. The Morgan fingerprint density at radius 2 is 2.05 bits per heavy atom. The molecule has 2 heterocycles. The lowest BCUT2D eigenvalue weighted by molar-refractivity contribution is 0.503. The Bertz CT molecular complexity index is 651. The molecule has 1 aliphatic heterocycles. The van der Waals surface area contributed by atoms with E-state index in [2.05, 4.69) is 20.2 Å². The Hall–Kier alpha value is -0.970. The fourth-order valence-corrected chi connectivity index (χ4v) is 5.06. The largest absolute Gasteiger partial charge is 0.316 e. The van der Waals surface area contributed by atoms with Gasteiger partial charge in [-0.15, -0.1) is 0 Å². The summed E-state index contributed by atoms with van der Waals surface area (Å²) in [5.74, 6) is 0.0407. The van der Waals surface area contributed by atoms with Crippen LogP contribution in [0.2, 0.25) is 0 Å². The molecule has 2 rings (SSSR count). The van der Waals surface area contributed by atoms with Crippen molar-refractivity contribution in [3.05, 3.63) is 11.8 Å². The quantitative estimate of drug-likeness (QED) is 0.638. The van der Waals surface area contributed by atoms with Crippen LogP contribution in [-0.2, 0) is 26.4 Å². The van der Waals surface area contributed by atoms with Crippen molar-refractivity contribution in [2.45, 2.75) is 30.5 Å². The van der Waals surface area contributed by atoms with Gasteiger partial charge in [-0.1, -0.05) is 0 Å². The number of aromatic nitrogens is 2. The van der Waals surface area contributed by atoms with Gasteiger partial charge in [0, 0.05) is 18.2 Å². The van der Waals surface area contributed by atoms with E-state index in [4.69, 9.17) is 0 Å². The van der Waals surface area contributed by atoms with Gasteiger partial charge in [0.05, 0.1) is 17.7 Å². The molecule has 20 heavy (non-hydrogen) atoms. The molecule has 0 bridgehead atoms. The van der Waals surface area contributed by atoms with E-state index in [-0.39, 0.29) is 22.6 Å². The summed E-state index contributed by atoms with van der Waals surface area (Å²) >= 11 is 0. The summed E-state index contributed by atoms with van der Waals surface area (Å²) in [6.07, 6.45) is 2.06. The number of nitrogens with zero attached hydrogens (tertiary/aromatic N) is 1. The van der Waals surface area contributed by atoms with E-state index < -0.39 is 19.9 Å². The van der Waals surface area contributed by atoms with Gasteiger partial charge in [-0.3, -0.25) is 5.10 Å². The minimum Gasteiger partial charge on any atom is -0.316 e. The third-order valence-corrected chi connectivity index (χ3v) is 6.44. The number of rotatable bonds is 5. The average molecular weight is 322 g/mol. The normalized spacial score (nSPS) is 20.1. The molecule has 0 amide bonds. The van der Waals surface area contributed by atoms with Crippen LogP contribution in [0.3, 0.4) is 0 Å². The predicted octanol–water partition coefficient (Wildman–Crippen LogP) is -1.02. The van der Waals surface area contributed by atoms with Crippen LogP contribution >= 0.6 is 0 Å². The summed E-state index contributed by atoms with van der Waals surface area (Å²) < 4.78 is 49.7. The monoisotopic (exact) mass is 322 g/mol. The van der Waals surface area contributed by atoms with Crippen LogP contribution in [0.15, 0.2) is 11.2 Å². The number of aromatic amines is 1. The van der Waals surface area contributed by atoms with Gasteiger partial charge in [-0.25, -0.2) is 21.6 Å². The molecule has 0 unspecified atom stereocenters. The van der Waals surface area contributed by atoms with E-state index in [1.165, 1.54) is 6.20 Å². The SMILES string of the molecule is CNCc1cn[nH]c1S(=O)(=O)NC1CCS(=O)(=O)CC1. The van der Waals surface area contributed by atoms with E-state index in [0.29, 0.717) is 24.9 Å². The molecule has 3 N–H and O–H groups in total. The summed E-state index contributed by atoms with van der Waals surface area (Å²) in [5.41, 5.74) is 0.545. The lowest BCUT2D eigenvalue weighted by Crippen LogP contribution is -2.41. The summed E-state index contributed by atoms with van der Waals surface area (Å²) in [6.45, 7) is 0.381. The van der Waals surface area contributed by atoms with Crippen LogP contribution in [0.4, 0.5) is 0 Å². The molecule has 1 aliphatic rings. The van der Waals surface area contributed by atoms with Gasteiger partial charge in [-0.05, 0) is 19.9 Å². The number of sulfone groups is 1. The molecule has 0 aromatic carbocycles. The smallest absolute Gasteiger partial charge is 0.258 e. The van der Waals surface area contributed by atoms with Gasteiger partial charge in [-0.2, -0.15) is 5.10 Å². The fraction of sp³-hybridized carbons (Fsp3) is 0.700. The molecule has 0 saturated carbocycles. The highest BCUT2D eigenvalue weighted by Gasteiger charge is 2.29. The molecular weight excluding hydrogens is 304 g/mol. The van der Waals surface area contributed by atoms with Gasteiger partial charge in [0.25, 0.3) is 10.0 Å². The standard InChI is InChI=1S/C10H18N4O4S2/c1-11-6-8-7-12-13-10(8)20(17,18)14-9-2-4-19(15,16)5-3-9/h7,9,11,14H,2-6H2,1H3,(H,12,13). The van der Waals surface area contributed by atoms with Crippen molar-refractivity contribution in [1.82, 2.24) is 20.2 Å². The van der Waals surface area contributed by atoms with Crippen LogP contribution < -0.4 is 10.0 Å². The maximum Gasteiger partial charge on any atom is 0.258 e.